The third-order valence-electron chi connectivity index (χ3n) is 5.73. The number of Topliss-reactive ketones (excluding diaryl/α,β-unsaturated/α-hetero) is 1. The first-order valence-corrected chi connectivity index (χ1v) is 9.82. The van der Waals surface area contributed by atoms with E-state index in [4.69, 9.17) is 14.5 Å². The number of phenolic OH excluding ortho intramolecular Hbond substituents is 1. The molecule has 0 aliphatic heterocycles. The van der Waals surface area contributed by atoms with Crippen molar-refractivity contribution in [2.24, 2.45) is 0 Å². The van der Waals surface area contributed by atoms with E-state index in [2.05, 4.69) is 0 Å². The van der Waals surface area contributed by atoms with Gasteiger partial charge in [-0.25, -0.2) is 0 Å². The molecule has 1 aromatic carbocycles. The highest BCUT2D eigenvalue weighted by Crippen LogP contribution is 2.36. The van der Waals surface area contributed by atoms with Crippen molar-refractivity contribution in [1.82, 2.24) is 4.98 Å². The summed E-state index contributed by atoms with van der Waals surface area (Å²) in [7, 11) is 1.59. The lowest BCUT2D eigenvalue weighted by Gasteiger charge is -2.23. The molecule has 1 atom stereocenters. The van der Waals surface area contributed by atoms with Crippen LogP contribution in [0.2, 0.25) is 0 Å². The zero-order valence-electron chi connectivity index (χ0n) is 17.2. The van der Waals surface area contributed by atoms with Crippen LogP contribution in [-0.4, -0.2) is 29.8 Å². The standard InChI is InChI=1S/C23H29NO4/c1-14-10-21(26)16(3)15(2)20(14)12-18-8-9-22(28-13-27-4)23(24-18)17-6-5-7-19(25)11-17/h8-10,17,26H,5-7,11-13H2,1-4H3. The molecular weight excluding hydrogens is 354 g/mol. The maximum absolute atomic E-state index is 12.0. The highest BCUT2D eigenvalue weighted by atomic mass is 16.7. The molecule has 3 rings (SSSR count). The van der Waals surface area contributed by atoms with Gasteiger partial charge in [-0.05, 0) is 74.1 Å². The number of carbonyl (C=O) groups is 1. The van der Waals surface area contributed by atoms with Gasteiger partial charge in [-0.15, -0.1) is 0 Å². The summed E-state index contributed by atoms with van der Waals surface area (Å²) < 4.78 is 10.8. The molecule has 28 heavy (non-hydrogen) atoms. The second kappa shape index (κ2) is 8.74. The minimum atomic E-state index is 0.0943. The molecule has 0 saturated heterocycles. The zero-order chi connectivity index (χ0) is 20.3. The molecule has 5 heteroatoms. The summed E-state index contributed by atoms with van der Waals surface area (Å²) in [5.74, 6) is 1.41. The Morgan fingerprint density at radius 2 is 2.00 bits per heavy atom. The molecule has 0 amide bonds. The highest BCUT2D eigenvalue weighted by Gasteiger charge is 2.25. The summed E-state index contributed by atoms with van der Waals surface area (Å²) in [5, 5.41) is 10.1. The predicted molar refractivity (Wildman–Crippen MR) is 108 cm³/mol. The van der Waals surface area contributed by atoms with E-state index in [-0.39, 0.29) is 12.7 Å². The minimum Gasteiger partial charge on any atom is -0.508 e. The normalized spacial score (nSPS) is 17.0. The fourth-order valence-corrected chi connectivity index (χ4v) is 3.97. The van der Waals surface area contributed by atoms with Crippen LogP contribution in [0.5, 0.6) is 11.5 Å². The number of hydrogen-bond donors (Lipinski definition) is 1. The van der Waals surface area contributed by atoms with Crippen LogP contribution in [-0.2, 0) is 16.0 Å². The molecule has 1 aromatic heterocycles. The molecule has 5 nitrogen and oxygen atoms in total. The Morgan fingerprint density at radius 3 is 2.71 bits per heavy atom. The van der Waals surface area contributed by atoms with Crippen molar-refractivity contribution < 1.29 is 19.4 Å². The third kappa shape index (κ3) is 4.36. The van der Waals surface area contributed by atoms with Gasteiger partial charge in [-0.1, -0.05) is 0 Å². The SMILES string of the molecule is COCOc1ccc(Cc2c(C)cc(O)c(C)c2C)nc1C1CCCC(=O)C1. The molecule has 1 unspecified atom stereocenters. The number of benzene rings is 1. The van der Waals surface area contributed by atoms with E-state index in [1.54, 1.807) is 7.11 Å². The lowest BCUT2D eigenvalue weighted by atomic mass is 9.85. The van der Waals surface area contributed by atoms with E-state index in [9.17, 15) is 9.90 Å². The monoisotopic (exact) mass is 383 g/mol. The first-order valence-electron chi connectivity index (χ1n) is 9.82. The summed E-state index contributed by atoms with van der Waals surface area (Å²) >= 11 is 0. The van der Waals surface area contributed by atoms with Crippen LogP contribution in [0.3, 0.4) is 0 Å². The third-order valence-corrected chi connectivity index (χ3v) is 5.73. The summed E-state index contributed by atoms with van der Waals surface area (Å²) in [5.41, 5.74) is 6.02. The largest absolute Gasteiger partial charge is 0.508 e. The lowest BCUT2D eigenvalue weighted by molar-refractivity contribution is -0.120. The van der Waals surface area contributed by atoms with E-state index >= 15 is 0 Å². The second-order valence-corrected chi connectivity index (χ2v) is 7.69. The van der Waals surface area contributed by atoms with Crippen LogP contribution < -0.4 is 4.74 Å². The quantitative estimate of drug-likeness (QED) is 0.743. The predicted octanol–water partition coefficient (Wildman–Crippen LogP) is 4.51. The van der Waals surface area contributed by atoms with Gasteiger partial charge in [-0.2, -0.15) is 0 Å². The number of methoxy groups -OCH3 is 1. The van der Waals surface area contributed by atoms with Crippen LogP contribution in [0.25, 0.3) is 0 Å². The minimum absolute atomic E-state index is 0.0943. The molecular formula is C23H29NO4. The molecule has 1 saturated carbocycles. The molecule has 150 valence electrons. The van der Waals surface area contributed by atoms with Gasteiger partial charge in [0.05, 0.1) is 5.69 Å². The molecule has 2 aromatic rings. The summed E-state index contributed by atoms with van der Waals surface area (Å²) in [6, 6.07) is 5.72. The maximum atomic E-state index is 12.0. The Kier molecular flexibility index (Phi) is 6.35. The number of hydrogen-bond acceptors (Lipinski definition) is 5. The van der Waals surface area contributed by atoms with Gasteiger partial charge in [0, 0.05) is 38.0 Å². The average Bonchev–Trinajstić information content (AvgIpc) is 2.68. The summed E-state index contributed by atoms with van der Waals surface area (Å²) in [6.45, 7) is 6.14. The number of ketones is 1. The topological polar surface area (TPSA) is 68.7 Å². The molecule has 1 aliphatic carbocycles. The number of carbonyl (C=O) groups excluding carboxylic acids is 1. The number of pyridine rings is 1. The lowest BCUT2D eigenvalue weighted by Crippen LogP contribution is -2.17. The maximum Gasteiger partial charge on any atom is 0.188 e. The fourth-order valence-electron chi connectivity index (χ4n) is 3.97. The first-order chi connectivity index (χ1) is 13.4. The smallest absolute Gasteiger partial charge is 0.188 e. The molecule has 0 bridgehead atoms. The van der Waals surface area contributed by atoms with E-state index in [1.165, 1.54) is 5.56 Å². The van der Waals surface area contributed by atoms with E-state index in [0.717, 1.165) is 40.9 Å². The van der Waals surface area contributed by atoms with Crippen molar-refractivity contribution in [2.45, 2.75) is 58.8 Å². The van der Waals surface area contributed by atoms with Crippen molar-refractivity contribution in [3.05, 3.63) is 51.8 Å². The van der Waals surface area contributed by atoms with Crippen LogP contribution in [0.4, 0.5) is 0 Å². The van der Waals surface area contributed by atoms with Gasteiger partial charge in [0.25, 0.3) is 0 Å². The van der Waals surface area contributed by atoms with Crippen LogP contribution in [0.1, 0.15) is 65.2 Å². The number of phenols is 1. The molecule has 0 radical (unpaired) electrons. The summed E-state index contributed by atoms with van der Waals surface area (Å²) in [6.07, 6.45) is 3.71. The van der Waals surface area contributed by atoms with Gasteiger partial charge in [0.1, 0.15) is 17.3 Å². The van der Waals surface area contributed by atoms with Gasteiger partial charge in [0.2, 0.25) is 0 Å². The summed E-state index contributed by atoms with van der Waals surface area (Å²) in [4.78, 5) is 16.9. The van der Waals surface area contributed by atoms with Crippen molar-refractivity contribution in [3.63, 3.8) is 0 Å². The highest BCUT2D eigenvalue weighted by molar-refractivity contribution is 5.80. The van der Waals surface area contributed by atoms with Crippen molar-refractivity contribution in [1.29, 1.82) is 0 Å². The van der Waals surface area contributed by atoms with Crippen molar-refractivity contribution >= 4 is 5.78 Å². The van der Waals surface area contributed by atoms with Crippen molar-refractivity contribution in [3.8, 4) is 11.5 Å². The number of ether oxygens (including phenoxy) is 2. The number of nitrogens with zero attached hydrogens (tertiary/aromatic N) is 1. The Morgan fingerprint density at radius 1 is 1.21 bits per heavy atom. The number of rotatable bonds is 6. The van der Waals surface area contributed by atoms with E-state index in [1.807, 2.05) is 39.0 Å². The molecule has 1 heterocycles. The van der Waals surface area contributed by atoms with Crippen LogP contribution >= 0.6 is 0 Å². The van der Waals surface area contributed by atoms with Crippen LogP contribution in [0, 0.1) is 20.8 Å². The molecule has 0 spiro atoms. The molecule has 1 fully saturated rings. The average molecular weight is 383 g/mol. The van der Waals surface area contributed by atoms with Crippen LogP contribution in [0.15, 0.2) is 18.2 Å². The number of aromatic nitrogens is 1. The van der Waals surface area contributed by atoms with Gasteiger partial charge < -0.3 is 14.6 Å². The van der Waals surface area contributed by atoms with Crippen molar-refractivity contribution in [2.75, 3.05) is 13.9 Å². The zero-order valence-corrected chi connectivity index (χ0v) is 17.2. The number of aryl methyl sites for hydroxylation is 1. The molecule has 1 aliphatic rings. The first kappa shape index (κ1) is 20.3. The Bertz CT molecular complexity index is 875. The fraction of sp³-hybridized carbons (Fsp3) is 0.478. The van der Waals surface area contributed by atoms with Gasteiger partial charge >= 0.3 is 0 Å². The number of aromatic hydroxyl groups is 1. The van der Waals surface area contributed by atoms with E-state index < -0.39 is 0 Å². The van der Waals surface area contributed by atoms with E-state index in [0.29, 0.717) is 36.5 Å². The Balaban J connectivity index is 1.95. The Hall–Kier alpha value is -2.40. The van der Waals surface area contributed by atoms with Gasteiger partial charge in [-0.3, -0.25) is 9.78 Å². The van der Waals surface area contributed by atoms with Gasteiger partial charge in [0.15, 0.2) is 6.79 Å². The Labute approximate surface area is 166 Å². The molecule has 1 N–H and O–H groups in total. The second-order valence-electron chi connectivity index (χ2n) is 7.69.